The number of alkyl halides is 1. The second-order valence-electron chi connectivity index (χ2n) is 3.94. The van der Waals surface area contributed by atoms with Crippen LogP contribution in [-0.2, 0) is 0 Å². The SMILES string of the molecule is CC(CCCCl)Nc1cccc2nccn12. The Bertz CT molecular complexity index is 452. The van der Waals surface area contributed by atoms with Gasteiger partial charge in [0.2, 0.25) is 0 Å². The maximum atomic E-state index is 5.68. The molecule has 0 amide bonds. The minimum absolute atomic E-state index is 0.423. The summed E-state index contributed by atoms with van der Waals surface area (Å²) < 4.78 is 2.05. The topological polar surface area (TPSA) is 29.3 Å². The molecule has 2 aromatic rings. The first-order chi connectivity index (χ1) is 7.81. The number of aromatic nitrogens is 2. The fourth-order valence-electron chi connectivity index (χ4n) is 1.77. The van der Waals surface area contributed by atoms with Crippen LogP contribution in [0.4, 0.5) is 5.82 Å². The molecule has 1 atom stereocenters. The number of fused-ring (bicyclic) bond motifs is 1. The first kappa shape index (κ1) is 11.3. The Kier molecular flexibility index (Phi) is 3.67. The molecular weight excluding hydrogens is 222 g/mol. The molecule has 4 heteroatoms. The van der Waals surface area contributed by atoms with Gasteiger partial charge in [-0.3, -0.25) is 4.40 Å². The van der Waals surface area contributed by atoms with Crippen LogP contribution in [0.3, 0.4) is 0 Å². The van der Waals surface area contributed by atoms with E-state index in [0.717, 1.165) is 30.2 Å². The van der Waals surface area contributed by atoms with Crippen LogP contribution in [0.15, 0.2) is 30.6 Å². The maximum absolute atomic E-state index is 5.68. The summed E-state index contributed by atoms with van der Waals surface area (Å²) >= 11 is 5.68. The largest absolute Gasteiger partial charge is 0.369 e. The molecular formula is C12H16ClN3. The van der Waals surface area contributed by atoms with Gasteiger partial charge in [-0.05, 0) is 31.9 Å². The number of nitrogens with zero attached hydrogens (tertiary/aromatic N) is 2. The zero-order valence-corrected chi connectivity index (χ0v) is 10.1. The fraction of sp³-hybridized carbons (Fsp3) is 0.417. The predicted molar refractivity (Wildman–Crippen MR) is 68.2 cm³/mol. The van der Waals surface area contributed by atoms with E-state index in [1.54, 1.807) is 0 Å². The highest BCUT2D eigenvalue weighted by atomic mass is 35.5. The molecule has 2 heterocycles. The summed E-state index contributed by atoms with van der Waals surface area (Å²) in [6, 6.07) is 6.49. The number of hydrogen-bond acceptors (Lipinski definition) is 2. The minimum Gasteiger partial charge on any atom is -0.369 e. The summed E-state index contributed by atoms with van der Waals surface area (Å²) in [5.41, 5.74) is 0.967. The van der Waals surface area contributed by atoms with Crippen molar-refractivity contribution in [3.8, 4) is 0 Å². The van der Waals surface area contributed by atoms with E-state index >= 15 is 0 Å². The van der Waals surface area contributed by atoms with Crippen LogP contribution in [0.2, 0.25) is 0 Å². The van der Waals surface area contributed by atoms with E-state index < -0.39 is 0 Å². The van der Waals surface area contributed by atoms with Crippen molar-refractivity contribution in [3.05, 3.63) is 30.6 Å². The van der Waals surface area contributed by atoms with E-state index in [0.29, 0.717) is 6.04 Å². The third-order valence-corrected chi connectivity index (χ3v) is 2.86. The van der Waals surface area contributed by atoms with Crippen molar-refractivity contribution < 1.29 is 0 Å². The van der Waals surface area contributed by atoms with Crippen molar-refractivity contribution in [1.29, 1.82) is 0 Å². The van der Waals surface area contributed by atoms with Gasteiger partial charge in [-0.2, -0.15) is 0 Å². The third-order valence-electron chi connectivity index (χ3n) is 2.59. The van der Waals surface area contributed by atoms with Gasteiger partial charge in [-0.1, -0.05) is 6.07 Å². The summed E-state index contributed by atoms with van der Waals surface area (Å²) in [5, 5.41) is 3.47. The van der Waals surface area contributed by atoms with E-state index in [4.69, 9.17) is 11.6 Å². The average molecular weight is 238 g/mol. The van der Waals surface area contributed by atoms with Crippen LogP contribution in [-0.4, -0.2) is 21.3 Å². The Morgan fingerprint density at radius 3 is 3.19 bits per heavy atom. The van der Waals surface area contributed by atoms with E-state index in [2.05, 4.69) is 27.7 Å². The number of imidazole rings is 1. The molecule has 0 spiro atoms. The Balaban J connectivity index is 2.11. The van der Waals surface area contributed by atoms with Gasteiger partial charge >= 0.3 is 0 Å². The predicted octanol–water partition coefficient (Wildman–Crippen LogP) is 3.15. The average Bonchev–Trinajstić information content (AvgIpc) is 2.75. The molecule has 0 saturated heterocycles. The first-order valence-corrected chi connectivity index (χ1v) is 6.09. The zero-order chi connectivity index (χ0) is 11.4. The molecule has 3 nitrogen and oxygen atoms in total. The van der Waals surface area contributed by atoms with E-state index in [9.17, 15) is 0 Å². The molecule has 1 N–H and O–H groups in total. The lowest BCUT2D eigenvalue weighted by atomic mass is 10.2. The molecule has 0 bridgehead atoms. The summed E-state index contributed by atoms with van der Waals surface area (Å²) in [6.45, 7) is 2.17. The van der Waals surface area contributed by atoms with Crippen molar-refractivity contribution in [3.63, 3.8) is 0 Å². The number of anilines is 1. The van der Waals surface area contributed by atoms with Crippen molar-refractivity contribution in [2.45, 2.75) is 25.8 Å². The van der Waals surface area contributed by atoms with Gasteiger partial charge in [0, 0.05) is 24.3 Å². The molecule has 2 rings (SSSR count). The maximum Gasteiger partial charge on any atom is 0.138 e. The molecule has 1 unspecified atom stereocenters. The Hall–Kier alpha value is -1.22. The van der Waals surface area contributed by atoms with Crippen molar-refractivity contribution in [2.24, 2.45) is 0 Å². The minimum atomic E-state index is 0.423. The molecule has 0 fully saturated rings. The lowest BCUT2D eigenvalue weighted by Gasteiger charge is -2.15. The fourth-order valence-corrected chi connectivity index (χ4v) is 1.93. The molecule has 0 radical (unpaired) electrons. The summed E-state index contributed by atoms with van der Waals surface area (Å²) in [7, 11) is 0. The second-order valence-corrected chi connectivity index (χ2v) is 4.32. The normalized spacial score (nSPS) is 12.9. The molecule has 16 heavy (non-hydrogen) atoms. The van der Waals surface area contributed by atoms with E-state index in [-0.39, 0.29) is 0 Å². The standard InChI is InChI=1S/C12H16ClN3/c1-10(4-3-7-13)15-12-6-2-5-11-14-8-9-16(11)12/h2,5-6,8-10,15H,3-4,7H2,1H3. The van der Waals surface area contributed by atoms with Gasteiger partial charge in [0.25, 0.3) is 0 Å². The lowest BCUT2D eigenvalue weighted by Crippen LogP contribution is -2.16. The molecule has 2 aromatic heterocycles. The number of hydrogen-bond donors (Lipinski definition) is 1. The quantitative estimate of drug-likeness (QED) is 0.810. The number of pyridine rings is 1. The first-order valence-electron chi connectivity index (χ1n) is 5.56. The number of halogens is 1. The second kappa shape index (κ2) is 5.21. The van der Waals surface area contributed by atoms with Gasteiger partial charge < -0.3 is 5.32 Å². The van der Waals surface area contributed by atoms with Crippen molar-refractivity contribution >= 4 is 23.1 Å². The number of rotatable bonds is 5. The smallest absolute Gasteiger partial charge is 0.138 e. The van der Waals surface area contributed by atoms with Crippen LogP contribution < -0.4 is 5.32 Å². The third kappa shape index (κ3) is 2.47. The zero-order valence-electron chi connectivity index (χ0n) is 9.36. The summed E-state index contributed by atoms with van der Waals surface area (Å²) in [4.78, 5) is 4.25. The monoisotopic (exact) mass is 237 g/mol. The van der Waals surface area contributed by atoms with Crippen LogP contribution in [0.5, 0.6) is 0 Å². The van der Waals surface area contributed by atoms with Crippen molar-refractivity contribution in [2.75, 3.05) is 11.2 Å². The Morgan fingerprint density at radius 2 is 2.38 bits per heavy atom. The van der Waals surface area contributed by atoms with Gasteiger partial charge in [-0.25, -0.2) is 4.98 Å². The van der Waals surface area contributed by atoms with Crippen LogP contribution in [0.1, 0.15) is 19.8 Å². The molecule has 0 aliphatic heterocycles. The lowest BCUT2D eigenvalue weighted by molar-refractivity contribution is 0.689. The van der Waals surface area contributed by atoms with Gasteiger partial charge in [0.1, 0.15) is 11.5 Å². The molecule has 86 valence electrons. The van der Waals surface area contributed by atoms with Gasteiger partial charge in [-0.15, -0.1) is 11.6 Å². The number of nitrogens with one attached hydrogen (secondary N) is 1. The summed E-state index contributed by atoms with van der Waals surface area (Å²) in [5.74, 6) is 1.80. The summed E-state index contributed by atoms with van der Waals surface area (Å²) in [6.07, 6.45) is 5.89. The molecule has 0 aliphatic carbocycles. The molecule has 0 saturated carbocycles. The highest BCUT2D eigenvalue weighted by Crippen LogP contribution is 2.13. The van der Waals surface area contributed by atoms with Crippen LogP contribution in [0, 0.1) is 0 Å². The van der Waals surface area contributed by atoms with Gasteiger partial charge in [0.05, 0.1) is 0 Å². The van der Waals surface area contributed by atoms with Crippen LogP contribution >= 0.6 is 11.6 Å². The highest BCUT2D eigenvalue weighted by Gasteiger charge is 2.04. The molecule has 0 aromatic carbocycles. The van der Waals surface area contributed by atoms with Gasteiger partial charge in [0.15, 0.2) is 0 Å². The Morgan fingerprint density at radius 1 is 1.50 bits per heavy atom. The Labute approximate surface area is 100 Å². The van der Waals surface area contributed by atoms with Crippen LogP contribution in [0.25, 0.3) is 5.65 Å². The van der Waals surface area contributed by atoms with E-state index in [1.807, 2.05) is 24.5 Å². The van der Waals surface area contributed by atoms with E-state index in [1.165, 1.54) is 0 Å². The van der Waals surface area contributed by atoms with Crippen molar-refractivity contribution in [1.82, 2.24) is 9.38 Å². The molecule has 0 aliphatic rings. The highest BCUT2D eigenvalue weighted by molar-refractivity contribution is 6.17.